The van der Waals surface area contributed by atoms with Gasteiger partial charge in [0.25, 0.3) is 11.8 Å². The molecule has 2 amide bonds. The number of carbonyl (C=O) groups is 2. The second kappa shape index (κ2) is 11.9. The number of hydrogen-bond donors (Lipinski definition) is 1. The molecule has 8 nitrogen and oxygen atoms in total. The third-order valence-electron chi connectivity index (χ3n) is 7.99. The predicted molar refractivity (Wildman–Crippen MR) is 150 cm³/mol. The molecule has 5 rings (SSSR count). The molecular formula is C28H38N4O4S2. The van der Waals surface area contributed by atoms with Crippen molar-refractivity contribution in [1.82, 2.24) is 14.1 Å². The molecule has 2 fully saturated rings. The Morgan fingerprint density at radius 2 is 1.53 bits per heavy atom. The van der Waals surface area contributed by atoms with E-state index in [2.05, 4.69) is 17.1 Å². The normalized spacial score (nSPS) is 19.6. The third-order valence-corrected chi connectivity index (χ3v) is 11.0. The largest absolute Gasteiger partial charge is 0.339 e. The first kappa shape index (κ1) is 27.3. The fraction of sp³-hybridized carbons (Fsp3) is 0.571. The summed E-state index contributed by atoms with van der Waals surface area (Å²) in [5.74, 6) is -0.316. The number of fused-ring (bicyclic) bond motifs is 1. The average molecular weight is 559 g/mol. The Hall–Kier alpha value is -2.27. The number of amides is 2. The maximum atomic E-state index is 13.6. The predicted octanol–water partition coefficient (Wildman–Crippen LogP) is 4.57. The first-order valence-corrected chi connectivity index (χ1v) is 16.2. The van der Waals surface area contributed by atoms with Crippen LogP contribution in [0, 0.1) is 0 Å². The zero-order chi connectivity index (χ0) is 26.7. The van der Waals surface area contributed by atoms with Crippen molar-refractivity contribution in [3.63, 3.8) is 0 Å². The van der Waals surface area contributed by atoms with Crippen LogP contribution in [0.3, 0.4) is 0 Å². The fourth-order valence-electron chi connectivity index (χ4n) is 5.68. The van der Waals surface area contributed by atoms with Crippen LogP contribution in [-0.4, -0.2) is 73.6 Å². The van der Waals surface area contributed by atoms with E-state index in [1.54, 1.807) is 16.4 Å². The molecule has 1 N–H and O–H groups in total. The molecule has 38 heavy (non-hydrogen) atoms. The van der Waals surface area contributed by atoms with Crippen LogP contribution >= 0.6 is 11.3 Å². The van der Waals surface area contributed by atoms with Gasteiger partial charge in [-0.05, 0) is 74.9 Å². The van der Waals surface area contributed by atoms with E-state index >= 15 is 0 Å². The standard InChI is InChI=1S/C28H38N4O4S2/c1-2-30-19-14-23-24(20-30)37-27(25(23)28(34)31-15-6-5-7-16-31)29-26(33)21-10-12-22(13-11-21)38(35,36)32-17-8-3-4-9-18-32/h10-13H,2-9,14-20H2,1H3,(H,29,33). The highest BCUT2D eigenvalue weighted by molar-refractivity contribution is 7.89. The minimum absolute atomic E-state index is 0.0151. The Bertz CT molecular complexity index is 1260. The van der Waals surface area contributed by atoms with E-state index < -0.39 is 10.0 Å². The van der Waals surface area contributed by atoms with Gasteiger partial charge in [-0.3, -0.25) is 14.5 Å². The Kier molecular flexibility index (Phi) is 8.52. The van der Waals surface area contributed by atoms with Gasteiger partial charge in [0.1, 0.15) is 5.00 Å². The van der Waals surface area contributed by atoms with Gasteiger partial charge in [0.15, 0.2) is 0 Å². The van der Waals surface area contributed by atoms with Crippen molar-refractivity contribution in [3.05, 3.63) is 45.8 Å². The average Bonchev–Trinajstić information content (AvgIpc) is 3.09. The Morgan fingerprint density at radius 3 is 2.18 bits per heavy atom. The van der Waals surface area contributed by atoms with E-state index in [0.717, 1.165) is 94.5 Å². The summed E-state index contributed by atoms with van der Waals surface area (Å²) in [7, 11) is -3.58. The van der Waals surface area contributed by atoms with E-state index in [0.29, 0.717) is 29.2 Å². The molecular weight excluding hydrogens is 520 g/mol. The van der Waals surface area contributed by atoms with Crippen LogP contribution in [0.25, 0.3) is 0 Å². The second-order valence-corrected chi connectivity index (χ2v) is 13.5. The highest BCUT2D eigenvalue weighted by Gasteiger charge is 2.31. The molecule has 0 atom stereocenters. The highest BCUT2D eigenvalue weighted by Crippen LogP contribution is 2.38. The second-order valence-electron chi connectivity index (χ2n) is 10.5. The number of benzene rings is 1. The maximum absolute atomic E-state index is 13.6. The van der Waals surface area contributed by atoms with E-state index in [1.165, 1.54) is 23.5 Å². The summed E-state index contributed by atoms with van der Waals surface area (Å²) in [4.78, 5) is 32.6. The van der Waals surface area contributed by atoms with Gasteiger partial charge < -0.3 is 10.2 Å². The van der Waals surface area contributed by atoms with Crippen LogP contribution in [0.15, 0.2) is 29.2 Å². The first-order valence-electron chi connectivity index (χ1n) is 14.0. The van der Waals surface area contributed by atoms with Crippen molar-refractivity contribution in [2.45, 2.75) is 69.7 Å². The number of nitrogens with zero attached hydrogens (tertiary/aromatic N) is 3. The molecule has 3 aliphatic heterocycles. The van der Waals surface area contributed by atoms with Crippen LogP contribution < -0.4 is 5.32 Å². The smallest absolute Gasteiger partial charge is 0.257 e. The number of hydrogen-bond acceptors (Lipinski definition) is 6. The molecule has 0 unspecified atom stereocenters. The fourth-order valence-corrected chi connectivity index (χ4v) is 8.47. The lowest BCUT2D eigenvalue weighted by Crippen LogP contribution is -2.37. The highest BCUT2D eigenvalue weighted by atomic mass is 32.2. The summed E-state index contributed by atoms with van der Waals surface area (Å²) in [5, 5.41) is 3.63. The van der Waals surface area contributed by atoms with E-state index in [9.17, 15) is 18.0 Å². The number of anilines is 1. The number of likely N-dealkylation sites (tertiary alicyclic amines) is 1. The van der Waals surface area contributed by atoms with Crippen molar-refractivity contribution in [3.8, 4) is 0 Å². The quantitative estimate of drug-likeness (QED) is 0.561. The Balaban J connectivity index is 1.37. The number of carbonyl (C=O) groups excluding carboxylic acids is 2. The summed E-state index contributed by atoms with van der Waals surface area (Å²) < 4.78 is 27.8. The monoisotopic (exact) mass is 558 g/mol. The number of piperidine rings is 1. The maximum Gasteiger partial charge on any atom is 0.257 e. The number of nitrogens with one attached hydrogen (secondary N) is 1. The van der Waals surface area contributed by atoms with E-state index in [1.807, 2.05) is 4.90 Å². The molecule has 2 aromatic rings. The third kappa shape index (κ3) is 5.68. The summed E-state index contributed by atoms with van der Waals surface area (Å²) in [6.45, 7) is 7.36. The Morgan fingerprint density at radius 1 is 0.895 bits per heavy atom. The number of rotatable bonds is 6. The van der Waals surface area contributed by atoms with Crippen molar-refractivity contribution < 1.29 is 18.0 Å². The van der Waals surface area contributed by atoms with Gasteiger partial charge in [-0.25, -0.2) is 8.42 Å². The summed E-state index contributed by atoms with van der Waals surface area (Å²) in [5.41, 5.74) is 2.10. The zero-order valence-corrected chi connectivity index (χ0v) is 23.8. The van der Waals surface area contributed by atoms with Gasteiger partial charge in [-0.15, -0.1) is 11.3 Å². The molecule has 0 bridgehead atoms. The summed E-state index contributed by atoms with van der Waals surface area (Å²) in [6, 6.07) is 6.18. The van der Waals surface area contributed by atoms with Crippen molar-refractivity contribution in [1.29, 1.82) is 0 Å². The SMILES string of the molecule is CCN1CCc2c(sc(NC(=O)c3ccc(S(=O)(=O)N4CCCCCC4)cc3)c2C(=O)N2CCCCC2)C1. The van der Waals surface area contributed by atoms with Gasteiger partial charge in [0.2, 0.25) is 10.0 Å². The van der Waals surface area contributed by atoms with Crippen LogP contribution in [0.2, 0.25) is 0 Å². The van der Waals surface area contributed by atoms with Gasteiger partial charge in [-0.1, -0.05) is 19.8 Å². The molecule has 0 radical (unpaired) electrons. The molecule has 0 saturated carbocycles. The van der Waals surface area contributed by atoms with Crippen molar-refractivity contribution in [2.75, 3.05) is 44.6 Å². The van der Waals surface area contributed by atoms with E-state index in [-0.39, 0.29) is 16.7 Å². The molecule has 10 heteroatoms. The Labute approximate surface area is 230 Å². The molecule has 3 aliphatic rings. The van der Waals surface area contributed by atoms with Gasteiger partial charge in [0.05, 0.1) is 10.5 Å². The first-order chi connectivity index (χ1) is 18.4. The molecule has 4 heterocycles. The van der Waals surface area contributed by atoms with Crippen LogP contribution in [0.4, 0.5) is 5.00 Å². The number of likely N-dealkylation sites (N-methyl/N-ethyl adjacent to an activating group) is 1. The van der Waals surface area contributed by atoms with Crippen LogP contribution in [0.1, 0.15) is 83.0 Å². The summed E-state index contributed by atoms with van der Waals surface area (Å²) in [6.07, 6.45) is 7.81. The van der Waals surface area contributed by atoms with Crippen LogP contribution in [-0.2, 0) is 23.0 Å². The topological polar surface area (TPSA) is 90.0 Å². The summed E-state index contributed by atoms with van der Waals surface area (Å²) >= 11 is 1.50. The molecule has 1 aromatic heterocycles. The van der Waals surface area contributed by atoms with E-state index in [4.69, 9.17) is 0 Å². The van der Waals surface area contributed by atoms with Gasteiger partial charge in [-0.2, -0.15) is 4.31 Å². The number of thiophene rings is 1. The number of sulfonamides is 1. The van der Waals surface area contributed by atoms with Gasteiger partial charge >= 0.3 is 0 Å². The minimum atomic E-state index is -3.58. The van der Waals surface area contributed by atoms with Gasteiger partial charge in [0, 0.05) is 49.7 Å². The lowest BCUT2D eigenvalue weighted by atomic mass is 10.0. The zero-order valence-electron chi connectivity index (χ0n) is 22.2. The molecule has 0 spiro atoms. The molecule has 1 aromatic carbocycles. The molecule has 2 saturated heterocycles. The lowest BCUT2D eigenvalue weighted by Gasteiger charge is -2.29. The molecule has 0 aliphatic carbocycles. The lowest BCUT2D eigenvalue weighted by molar-refractivity contribution is 0.0724. The van der Waals surface area contributed by atoms with Crippen LogP contribution in [0.5, 0.6) is 0 Å². The molecule has 206 valence electrons. The van der Waals surface area contributed by atoms with Crippen molar-refractivity contribution in [2.24, 2.45) is 0 Å². The van der Waals surface area contributed by atoms with Crippen molar-refractivity contribution >= 4 is 38.2 Å². The minimum Gasteiger partial charge on any atom is -0.339 e.